The lowest BCUT2D eigenvalue weighted by Crippen LogP contribution is -2.40. The van der Waals surface area contributed by atoms with E-state index in [4.69, 9.17) is 4.74 Å². The minimum Gasteiger partial charge on any atom is -0.444 e. The van der Waals surface area contributed by atoms with Crippen molar-refractivity contribution in [2.45, 2.75) is 38.8 Å². The van der Waals surface area contributed by atoms with Gasteiger partial charge in [-0.25, -0.2) is 4.79 Å². The zero-order chi connectivity index (χ0) is 11.2. The first-order valence-corrected chi connectivity index (χ1v) is 5.86. The van der Waals surface area contributed by atoms with Crippen LogP contribution in [0.4, 0.5) is 4.79 Å². The predicted octanol–water partition coefficient (Wildman–Crippen LogP) is 2.13. The Kier molecular flexibility index (Phi) is 6.44. The largest absolute Gasteiger partial charge is 0.444 e. The molecule has 14 heavy (non-hydrogen) atoms. The molecule has 1 N–H and O–H groups in total. The summed E-state index contributed by atoms with van der Waals surface area (Å²) >= 11 is 8.23. The van der Waals surface area contributed by atoms with E-state index in [9.17, 15) is 4.79 Å². The molecule has 0 aromatic rings. The molecule has 0 aliphatic heterocycles. The van der Waals surface area contributed by atoms with Gasteiger partial charge in [0.2, 0.25) is 0 Å². The van der Waals surface area contributed by atoms with Crippen LogP contribution in [0.3, 0.4) is 0 Å². The summed E-state index contributed by atoms with van der Waals surface area (Å²) < 4.78 is 5.11. The third-order valence-corrected chi connectivity index (χ3v) is 2.12. The number of hydrogen-bond donors (Lipinski definition) is 3. The molecule has 0 aromatic heterocycles. The Hall–Kier alpha value is -0.0300. The maximum atomic E-state index is 11.3. The van der Waals surface area contributed by atoms with Gasteiger partial charge in [0, 0.05) is 11.8 Å². The van der Waals surface area contributed by atoms with Crippen LogP contribution in [0.25, 0.3) is 0 Å². The molecular weight excluding hydrogens is 218 g/mol. The van der Waals surface area contributed by atoms with E-state index in [0.29, 0.717) is 5.75 Å². The molecule has 1 unspecified atom stereocenters. The van der Waals surface area contributed by atoms with E-state index in [1.54, 1.807) is 0 Å². The Bertz CT molecular complexity index is 180. The second-order valence-electron chi connectivity index (χ2n) is 4.04. The van der Waals surface area contributed by atoms with Crippen molar-refractivity contribution >= 4 is 31.4 Å². The lowest BCUT2D eigenvalue weighted by Gasteiger charge is -2.22. The van der Waals surface area contributed by atoms with Crippen LogP contribution in [-0.4, -0.2) is 29.2 Å². The number of nitrogens with one attached hydrogen (secondary N) is 1. The topological polar surface area (TPSA) is 38.3 Å². The quantitative estimate of drug-likeness (QED) is 0.655. The molecule has 0 aliphatic carbocycles. The monoisotopic (exact) mass is 237 g/mol. The van der Waals surface area contributed by atoms with Gasteiger partial charge in [0.15, 0.2) is 0 Å². The van der Waals surface area contributed by atoms with Gasteiger partial charge >= 0.3 is 6.09 Å². The molecule has 0 bridgehead atoms. The van der Waals surface area contributed by atoms with Gasteiger partial charge < -0.3 is 10.1 Å². The molecule has 0 spiro atoms. The number of rotatable bonds is 4. The molecule has 0 aliphatic rings. The van der Waals surface area contributed by atoms with Crippen LogP contribution in [0.2, 0.25) is 0 Å². The minimum absolute atomic E-state index is 0.0330. The molecule has 0 rings (SSSR count). The van der Waals surface area contributed by atoms with E-state index in [1.807, 2.05) is 20.8 Å². The molecule has 5 heteroatoms. The smallest absolute Gasteiger partial charge is 0.407 e. The minimum atomic E-state index is -0.452. The molecule has 84 valence electrons. The second-order valence-corrected chi connectivity index (χ2v) is 4.85. The van der Waals surface area contributed by atoms with Crippen LogP contribution in [0.5, 0.6) is 0 Å². The van der Waals surface area contributed by atoms with Crippen molar-refractivity contribution in [2.24, 2.45) is 0 Å². The van der Waals surface area contributed by atoms with E-state index in [0.717, 1.165) is 12.2 Å². The van der Waals surface area contributed by atoms with Crippen LogP contribution >= 0.6 is 25.3 Å². The van der Waals surface area contributed by atoms with Gasteiger partial charge in [0.05, 0.1) is 0 Å². The van der Waals surface area contributed by atoms with Crippen LogP contribution in [0, 0.1) is 0 Å². The Morgan fingerprint density at radius 1 is 1.43 bits per heavy atom. The van der Waals surface area contributed by atoms with Crippen LogP contribution in [0.1, 0.15) is 27.2 Å². The molecule has 1 atom stereocenters. The molecule has 0 saturated heterocycles. The van der Waals surface area contributed by atoms with E-state index in [2.05, 4.69) is 30.6 Å². The van der Waals surface area contributed by atoms with Crippen molar-refractivity contribution in [3.63, 3.8) is 0 Å². The Morgan fingerprint density at radius 2 is 2.00 bits per heavy atom. The van der Waals surface area contributed by atoms with E-state index in [-0.39, 0.29) is 6.04 Å². The molecule has 0 aromatic carbocycles. The Balaban J connectivity index is 3.91. The number of thiol groups is 2. The summed E-state index contributed by atoms with van der Waals surface area (Å²) in [4.78, 5) is 11.3. The molecule has 0 heterocycles. The molecule has 3 nitrogen and oxygen atoms in total. The summed E-state index contributed by atoms with van der Waals surface area (Å²) in [6.45, 7) is 5.50. The molecular formula is C9H19NO2S2. The first kappa shape index (κ1) is 14.0. The number of amides is 1. The van der Waals surface area contributed by atoms with Crippen molar-refractivity contribution < 1.29 is 9.53 Å². The number of hydrogen-bond acceptors (Lipinski definition) is 4. The highest BCUT2D eigenvalue weighted by atomic mass is 32.1. The zero-order valence-electron chi connectivity index (χ0n) is 8.91. The fourth-order valence-electron chi connectivity index (χ4n) is 0.839. The molecule has 1 amide bonds. The number of ether oxygens (including phenoxy) is 1. The maximum absolute atomic E-state index is 11.3. The maximum Gasteiger partial charge on any atom is 0.407 e. The van der Waals surface area contributed by atoms with Crippen LogP contribution in [0.15, 0.2) is 0 Å². The second kappa shape index (κ2) is 6.45. The fraction of sp³-hybridized carbons (Fsp3) is 0.889. The van der Waals surface area contributed by atoms with Crippen molar-refractivity contribution in [3.05, 3.63) is 0 Å². The van der Waals surface area contributed by atoms with Crippen molar-refractivity contribution in [2.75, 3.05) is 11.5 Å². The van der Waals surface area contributed by atoms with Gasteiger partial charge in [-0.3, -0.25) is 0 Å². The fourth-order valence-corrected chi connectivity index (χ4v) is 1.42. The van der Waals surface area contributed by atoms with Gasteiger partial charge in [-0.15, -0.1) is 0 Å². The molecule has 0 radical (unpaired) electrons. The normalized spacial score (nSPS) is 13.5. The highest BCUT2D eigenvalue weighted by molar-refractivity contribution is 7.80. The number of carbonyl (C=O) groups excluding carboxylic acids is 1. The van der Waals surface area contributed by atoms with Gasteiger partial charge in [-0.1, -0.05) is 0 Å². The first-order chi connectivity index (χ1) is 6.39. The lowest BCUT2D eigenvalue weighted by molar-refractivity contribution is 0.0509. The Labute approximate surface area is 96.8 Å². The van der Waals surface area contributed by atoms with Gasteiger partial charge in [-0.05, 0) is 32.9 Å². The zero-order valence-corrected chi connectivity index (χ0v) is 10.7. The van der Waals surface area contributed by atoms with Gasteiger partial charge in [0.25, 0.3) is 0 Å². The number of alkyl carbamates (subject to hydrolysis) is 1. The molecule has 0 saturated carbocycles. The van der Waals surface area contributed by atoms with E-state index >= 15 is 0 Å². The first-order valence-electron chi connectivity index (χ1n) is 4.60. The third kappa shape index (κ3) is 7.38. The summed E-state index contributed by atoms with van der Waals surface area (Å²) in [5.74, 6) is 1.32. The SMILES string of the molecule is CC(C)(C)OC(=O)NC(CS)CCS. The highest BCUT2D eigenvalue weighted by Gasteiger charge is 2.18. The van der Waals surface area contributed by atoms with Crippen molar-refractivity contribution in [1.29, 1.82) is 0 Å². The summed E-state index contributed by atoms with van der Waals surface area (Å²) in [5.41, 5.74) is -0.452. The third-order valence-electron chi connectivity index (χ3n) is 1.42. The van der Waals surface area contributed by atoms with Crippen LogP contribution < -0.4 is 5.32 Å². The predicted molar refractivity (Wildman–Crippen MR) is 65.5 cm³/mol. The van der Waals surface area contributed by atoms with Crippen molar-refractivity contribution in [1.82, 2.24) is 5.32 Å². The number of carbonyl (C=O) groups is 1. The summed E-state index contributed by atoms with van der Waals surface area (Å²) in [7, 11) is 0. The summed E-state index contributed by atoms with van der Waals surface area (Å²) in [6, 6.07) is 0.0330. The van der Waals surface area contributed by atoms with Gasteiger partial charge in [0.1, 0.15) is 5.60 Å². The summed E-state index contributed by atoms with van der Waals surface area (Å²) in [6.07, 6.45) is 0.407. The van der Waals surface area contributed by atoms with Gasteiger partial charge in [-0.2, -0.15) is 25.3 Å². The average Bonchev–Trinajstić information content (AvgIpc) is 2.00. The van der Waals surface area contributed by atoms with Crippen molar-refractivity contribution in [3.8, 4) is 0 Å². The highest BCUT2D eigenvalue weighted by Crippen LogP contribution is 2.07. The van der Waals surface area contributed by atoms with Crippen LogP contribution in [-0.2, 0) is 4.74 Å². The summed E-state index contributed by atoms with van der Waals surface area (Å²) in [5, 5.41) is 2.74. The molecule has 0 fully saturated rings. The standard InChI is InChI=1S/C9H19NO2S2/c1-9(2,3)12-8(11)10-7(6-14)4-5-13/h7,13-14H,4-6H2,1-3H3,(H,10,11). The average molecular weight is 237 g/mol. The van der Waals surface area contributed by atoms with E-state index < -0.39 is 11.7 Å². The lowest BCUT2D eigenvalue weighted by atomic mass is 10.2. The van der Waals surface area contributed by atoms with E-state index in [1.165, 1.54) is 0 Å². The Morgan fingerprint density at radius 3 is 2.36 bits per heavy atom.